The molecular formula is C28H30ClNO5S. The van der Waals surface area contributed by atoms with Gasteiger partial charge in [-0.3, -0.25) is 4.90 Å². The van der Waals surface area contributed by atoms with Crippen LogP contribution in [0.3, 0.4) is 0 Å². The van der Waals surface area contributed by atoms with E-state index in [2.05, 4.69) is 23.1 Å². The normalized spacial score (nSPS) is 13.9. The summed E-state index contributed by atoms with van der Waals surface area (Å²) in [7, 11) is 0. The van der Waals surface area contributed by atoms with Gasteiger partial charge in [0.1, 0.15) is 11.5 Å². The SMILES string of the molecule is Cc1cc(Sc2cc(CN3CCOCC3)cc(OCCc3ccc(Cl)cc3)c2)ccc1OCC(=O)O. The third kappa shape index (κ3) is 8.17. The summed E-state index contributed by atoms with van der Waals surface area (Å²) in [6.45, 7) is 6.33. The third-order valence-electron chi connectivity index (χ3n) is 5.76. The van der Waals surface area contributed by atoms with Crippen LogP contribution in [0.2, 0.25) is 5.02 Å². The van der Waals surface area contributed by atoms with Gasteiger partial charge in [0.15, 0.2) is 6.61 Å². The number of nitrogens with zero attached hydrogens (tertiary/aromatic N) is 1. The summed E-state index contributed by atoms with van der Waals surface area (Å²) in [4.78, 5) is 15.3. The average Bonchev–Trinajstić information content (AvgIpc) is 2.85. The van der Waals surface area contributed by atoms with Crippen molar-refractivity contribution in [1.82, 2.24) is 4.90 Å². The number of rotatable bonds is 11. The third-order valence-corrected chi connectivity index (χ3v) is 6.97. The van der Waals surface area contributed by atoms with Crippen molar-refractivity contribution in [2.45, 2.75) is 29.7 Å². The molecule has 1 N–H and O–H groups in total. The molecule has 4 rings (SSSR count). The van der Waals surface area contributed by atoms with E-state index in [0.29, 0.717) is 12.4 Å². The van der Waals surface area contributed by atoms with Crippen molar-refractivity contribution in [3.05, 3.63) is 82.4 Å². The summed E-state index contributed by atoms with van der Waals surface area (Å²) in [5, 5.41) is 9.60. The Morgan fingerprint density at radius 2 is 1.78 bits per heavy atom. The molecule has 0 spiro atoms. The van der Waals surface area contributed by atoms with Crippen molar-refractivity contribution in [2.24, 2.45) is 0 Å². The molecule has 36 heavy (non-hydrogen) atoms. The first kappa shape index (κ1) is 26.4. The van der Waals surface area contributed by atoms with Crippen LogP contribution in [0.15, 0.2) is 70.5 Å². The van der Waals surface area contributed by atoms with E-state index >= 15 is 0 Å². The molecule has 3 aromatic rings. The fourth-order valence-electron chi connectivity index (χ4n) is 3.94. The minimum atomic E-state index is -0.992. The van der Waals surface area contributed by atoms with E-state index in [9.17, 15) is 4.79 Å². The highest BCUT2D eigenvalue weighted by atomic mass is 35.5. The lowest BCUT2D eigenvalue weighted by molar-refractivity contribution is -0.139. The van der Waals surface area contributed by atoms with Gasteiger partial charge in [-0.25, -0.2) is 4.79 Å². The first-order valence-corrected chi connectivity index (χ1v) is 13.1. The number of carbonyl (C=O) groups is 1. The summed E-state index contributed by atoms with van der Waals surface area (Å²) in [5.74, 6) is 0.429. The zero-order chi connectivity index (χ0) is 25.3. The zero-order valence-corrected chi connectivity index (χ0v) is 21.8. The second-order valence-electron chi connectivity index (χ2n) is 8.64. The van der Waals surface area contributed by atoms with E-state index in [1.54, 1.807) is 11.8 Å². The second kappa shape index (κ2) is 13.0. The summed E-state index contributed by atoms with van der Waals surface area (Å²) in [5.41, 5.74) is 3.27. The van der Waals surface area contributed by atoms with E-state index in [0.717, 1.165) is 65.4 Å². The number of aliphatic carboxylic acids is 1. The first-order chi connectivity index (χ1) is 17.4. The highest BCUT2D eigenvalue weighted by molar-refractivity contribution is 7.99. The maximum absolute atomic E-state index is 10.8. The monoisotopic (exact) mass is 527 g/mol. The molecule has 0 amide bonds. The van der Waals surface area contributed by atoms with Gasteiger partial charge < -0.3 is 19.3 Å². The van der Waals surface area contributed by atoms with Crippen LogP contribution in [0.1, 0.15) is 16.7 Å². The molecule has 1 saturated heterocycles. The van der Waals surface area contributed by atoms with Gasteiger partial charge in [-0.2, -0.15) is 0 Å². The van der Waals surface area contributed by atoms with Gasteiger partial charge in [-0.15, -0.1) is 0 Å². The molecule has 1 aliphatic rings. The Hall–Kier alpha value is -2.71. The number of hydrogen-bond donors (Lipinski definition) is 1. The van der Waals surface area contributed by atoms with E-state index in [-0.39, 0.29) is 6.61 Å². The largest absolute Gasteiger partial charge is 0.493 e. The van der Waals surface area contributed by atoms with E-state index in [4.69, 9.17) is 30.9 Å². The Bertz CT molecular complexity index is 1170. The molecule has 1 aliphatic heterocycles. The van der Waals surface area contributed by atoms with E-state index in [1.807, 2.05) is 49.4 Å². The van der Waals surface area contributed by atoms with Crippen LogP contribution < -0.4 is 9.47 Å². The van der Waals surface area contributed by atoms with Gasteiger partial charge >= 0.3 is 5.97 Å². The average molecular weight is 528 g/mol. The quantitative estimate of drug-likeness (QED) is 0.342. The van der Waals surface area contributed by atoms with Gasteiger partial charge in [0.2, 0.25) is 0 Å². The number of ether oxygens (including phenoxy) is 3. The number of aryl methyl sites for hydroxylation is 1. The lowest BCUT2D eigenvalue weighted by Crippen LogP contribution is -2.35. The van der Waals surface area contributed by atoms with E-state index < -0.39 is 5.97 Å². The number of benzene rings is 3. The minimum Gasteiger partial charge on any atom is -0.493 e. The highest BCUT2D eigenvalue weighted by Crippen LogP contribution is 2.34. The molecule has 0 aromatic heterocycles. The van der Waals surface area contributed by atoms with Crippen LogP contribution in [0.4, 0.5) is 0 Å². The van der Waals surface area contributed by atoms with E-state index in [1.165, 1.54) is 11.1 Å². The predicted octanol–water partition coefficient (Wildman–Crippen LogP) is 5.72. The van der Waals surface area contributed by atoms with Gasteiger partial charge in [-0.05, 0) is 72.1 Å². The molecule has 0 atom stereocenters. The molecule has 0 bridgehead atoms. The molecular weight excluding hydrogens is 498 g/mol. The number of halogens is 1. The second-order valence-corrected chi connectivity index (χ2v) is 10.2. The van der Waals surface area contributed by atoms with Crippen LogP contribution in [-0.4, -0.2) is 55.5 Å². The van der Waals surface area contributed by atoms with Gasteiger partial charge in [-0.1, -0.05) is 35.5 Å². The van der Waals surface area contributed by atoms with Crippen molar-refractivity contribution < 1.29 is 24.1 Å². The van der Waals surface area contributed by atoms with Crippen LogP contribution in [0.5, 0.6) is 11.5 Å². The molecule has 0 saturated carbocycles. The van der Waals surface area contributed by atoms with Gasteiger partial charge in [0, 0.05) is 40.9 Å². The number of morpholine rings is 1. The lowest BCUT2D eigenvalue weighted by atomic mass is 10.1. The van der Waals surface area contributed by atoms with Gasteiger partial charge in [0.05, 0.1) is 19.8 Å². The maximum Gasteiger partial charge on any atom is 0.341 e. The Morgan fingerprint density at radius 1 is 1.00 bits per heavy atom. The summed E-state index contributed by atoms with van der Waals surface area (Å²) >= 11 is 7.64. The molecule has 6 nitrogen and oxygen atoms in total. The molecule has 190 valence electrons. The fraction of sp³-hybridized carbons (Fsp3) is 0.321. The highest BCUT2D eigenvalue weighted by Gasteiger charge is 2.13. The molecule has 0 aliphatic carbocycles. The van der Waals surface area contributed by atoms with Crippen LogP contribution in [0.25, 0.3) is 0 Å². The Balaban J connectivity index is 1.47. The standard InChI is InChI=1S/C28H30ClNO5S/c1-20-14-25(6-7-27(20)35-19-28(31)32)36-26-16-22(18-30-9-12-33-13-10-30)15-24(17-26)34-11-8-21-2-4-23(29)5-3-21/h2-7,14-17H,8-13,18-19H2,1H3,(H,31,32). The molecule has 3 aromatic carbocycles. The number of hydrogen-bond acceptors (Lipinski definition) is 6. The number of carboxylic acids is 1. The fourth-order valence-corrected chi connectivity index (χ4v) is 5.10. The van der Waals surface area contributed by atoms with Crippen LogP contribution in [-0.2, 0) is 22.5 Å². The van der Waals surface area contributed by atoms with Crippen LogP contribution >= 0.6 is 23.4 Å². The molecule has 0 radical (unpaired) electrons. The Morgan fingerprint density at radius 3 is 2.50 bits per heavy atom. The minimum absolute atomic E-state index is 0.354. The molecule has 1 heterocycles. The van der Waals surface area contributed by atoms with Crippen molar-refractivity contribution >= 4 is 29.3 Å². The van der Waals surface area contributed by atoms with Crippen molar-refractivity contribution in [1.29, 1.82) is 0 Å². The molecule has 8 heteroatoms. The van der Waals surface area contributed by atoms with Crippen molar-refractivity contribution in [3.8, 4) is 11.5 Å². The van der Waals surface area contributed by atoms with Gasteiger partial charge in [0.25, 0.3) is 0 Å². The van der Waals surface area contributed by atoms with Crippen LogP contribution in [0, 0.1) is 6.92 Å². The predicted molar refractivity (Wildman–Crippen MR) is 142 cm³/mol. The summed E-state index contributed by atoms with van der Waals surface area (Å²) < 4.78 is 17.0. The first-order valence-electron chi connectivity index (χ1n) is 11.9. The summed E-state index contributed by atoms with van der Waals surface area (Å²) in [6, 6.07) is 20.0. The number of carboxylic acid groups (broad SMARTS) is 1. The van der Waals surface area contributed by atoms with Crippen molar-refractivity contribution in [3.63, 3.8) is 0 Å². The lowest BCUT2D eigenvalue weighted by Gasteiger charge is -2.27. The zero-order valence-electron chi connectivity index (χ0n) is 20.2. The molecule has 1 fully saturated rings. The Labute approximate surface area is 221 Å². The topological polar surface area (TPSA) is 68.2 Å². The Kier molecular flexibility index (Phi) is 9.53. The smallest absolute Gasteiger partial charge is 0.341 e. The summed E-state index contributed by atoms with van der Waals surface area (Å²) in [6.07, 6.45) is 0.796. The maximum atomic E-state index is 10.8. The van der Waals surface area contributed by atoms with Crippen molar-refractivity contribution in [2.75, 3.05) is 39.5 Å². The molecule has 0 unspecified atom stereocenters.